The Kier molecular flexibility index (Phi) is 3.28. The summed E-state index contributed by atoms with van der Waals surface area (Å²) in [5.41, 5.74) is 0. The third-order valence-electron chi connectivity index (χ3n) is 2.42. The molecule has 13 heavy (non-hydrogen) atoms. The van der Waals surface area contributed by atoms with Gasteiger partial charge in [0.05, 0.1) is 12.8 Å². The van der Waals surface area contributed by atoms with Crippen LogP contribution >= 0.6 is 0 Å². The Morgan fingerprint density at radius 3 is 2.15 bits per heavy atom. The Balaban J connectivity index is 2.30. The number of carboxylic acid groups (broad SMARTS) is 1. The van der Waals surface area contributed by atoms with Gasteiger partial charge in [0.1, 0.15) is 0 Å². The van der Waals surface area contributed by atoms with Gasteiger partial charge in [0, 0.05) is 6.04 Å². The zero-order valence-corrected chi connectivity index (χ0v) is 7.32. The van der Waals surface area contributed by atoms with Gasteiger partial charge < -0.3 is 10.4 Å². The van der Waals surface area contributed by atoms with Crippen LogP contribution < -0.4 is 5.32 Å². The van der Waals surface area contributed by atoms with Gasteiger partial charge in [-0.2, -0.15) is 0 Å². The normalized spacial score (nSPS) is 28.1. The molecule has 0 aromatic carbocycles. The fraction of sp³-hybridized carbons (Fsp3) is 0.667. The summed E-state index contributed by atoms with van der Waals surface area (Å²) in [5.74, 6) is -1.51. The van der Waals surface area contributed by atoms with E-state index in [9.17, 15) is 9.59 Å². The van der Waals surface area contributed by atoms with Crippen molar-refractivity contribution in [3.05, 3.63) is 6.92 Å². The minimum atomic E-state index is -0.738. The lowest BCUT2D eigenvalue weighted by Gasteiger charge is -2.26. The average Bonchev–Trinajstić information content (AvgIpc) is 2.04. The maximum atomic E-state index is 10.6. The molecule has 0 aliphatic heterocycles. The number of nitrogens with one attached hydrogen (secondary N) is 1. The lowest BCUT2D eigenvalue weighted by Crippen LogP contribution is -2.37. The molecule has 0 spiro atoms. The fourth-order valence-electron chi connectivity index (χ4n) is 1.69. The summed E-state index contributed by atoms with van der Waals surface area (Å²) in [6.07, 6.45) is 2.67. The molecule has 0 bridgehead atoms. The van der Waals surface area contributed by atoms with Crippen molar-refractivity contribution in [2.24, 2.45) is 5.92 Å². The summed E-state index contributed by atoms with van der Waals surface area (Å²) >= 11 is 0. The molecule has 0 unspecified atom stereocenters. The van der Waals surface area contributed by atoms with E-state index in [2.05, 4.69) is 5.32 Å². The van der Waals surface area contributed by atoms with Crippen LogP contribution in [0.5, 0.6) is 0 Å². The summed E-state index contributed by atoms with van der Waals surface area (Å²) < 4.78 is 0. The van der Waals surface area contributed by atoms with E-state index in [1.807, 2.05) is 0 Å². The van der Waals surface area contributed by atoms with Gasteiger partial charge in [-0.15, -0.1) is 0 Å². The van der Waals surface area contributed by atoms with Crippen LogP contribution in [0.3, 0.4) is 0 Å². The number of hydrogen-bond acceptors (Lipinski definition) is 2. The minimum absolute atomic E-state index is 0.0631. The van der Waals surface area contributed by atoms with E-state index in [4.69, 9.17) is 12.0 Å². The van der Waals surface area contributed by atoms with Gasteiger partial charge in [-0.05, 0) is 25.7 Å². The molecule has 0 atom stereocenters. The average molecular weight is 183 g/mol. The SMILES string of the molecule is [CH]C(=O)NC1CCC(C(=O)O)CC1. The molecule has 1 fully saturated rings. The first-order valence-corrected chi connectivity index (χ1v) is 4.38. The van der Waals surface area contributed by atoms with E-state index in [-0.39, 0.29) is 12.0 Å². The van der Waals surface area contributed by atoms with Crippen LogP contribution in [-0.4, -0.2) is 23.0 Å². The molecule has 1 aliphatic carbocycles. The molecule has 0 aromatic rings. The first-order valence-electron chi connectivity index (χ1n) is 4.38. The molecule has 2 N–H and O–H groups in total. The molecule has 1 rings (SSSR count). The van der Waals surface area contributed by atoms with E-state index in [0.717, 1.165) is 0 Å². The molecular formula is C9H13NO3. The number of amides is 1. The van der Waals surface area contributed by atoms with Crippen LogP contribution in [0.25, 0.3) is 0 Å². The van der Waals surface area contributed by atoms with E-state index in [1.54, 1.807) is 0 Å². The second-order valence-corrected chi connectivity index (χ2v) is 3.40. The van der Waals surface area contributed by atoms with Crippen molar-refractivity contribution in [3.8, 4) is 0 Å². The number of carbonyl (C=O) groups is 2. The molecule has 4 nitrogen and oxygen atoms in total. The maximum Gasteiger partial charge on any atom is 0.306 e. The van der Waals surface area contributed by atoms with Gasteiger partial charge >= 0.3 is 5.97 Å². The molecule has 1 saturated carbocycles. The van der Waals surface area contributed by atoms with Crippen LogP contribution in [0.2, 0.25) is 0 Å². The second-order valence-electron chi connectivity index (χ2n) is 3.40. The van der Waals surface area contributed by atoms with Crippen LogP contribution in [-0.2, 0) is 9.59 Å². The van der Waals surface area contributed by atoms with Crippen molar-refractivity contribution in [2.45, 2.75) is 31.7 Å². The Morgan fingerprint density at radius 2 is 1.77 bits per heavy atom. The number of hydrogen-bond donors (Lipinski definition) is 2. The van der Waals surface area contributed by atoms with Crippen LogP contribution in [0.1, 0.15) is 25.7 Å². The van der Waals surface area contributed by atoms with Crippen molar-refractivity contribution in [1.29, 1.82) is 0 Å². The molecule has 72 valence electrons. The van der Waals surface area contributed by atoms with Gasteiger partial charge in [0.25, 0.3) is 0 Å². The number of rotatable bonds is 2. The highest BCUT2D eigenvalue weighted by Gasteiger charge is 2.25. The predicted molar refractivity (Wildman–Crippen MR) is 45.8 cm³/mol. The highest BCUT2D eigenvalue weighted by atomic mass is 16.4. The topological polar surface area (TPSA) is 66.4 Å². The zero-order chi connectivity index (χ0) is 9.84. The second kappa shape index (κ2) is 4.25. The Labute approximate surface area is 77.3 Å². The van der Waals surface area contributed by atoms with Gasteiger partial charge in [-0.3, -0.25) is 9.59 Å². The van der Waals surface area contributed by atoms with Gasteiger partial charge in [-0.25, -0.2) is 0 Å². The maximum absolute atomic E-state index is 10.6. The monoisotopic (exact) mass is 183 g/mol. The van der Waals surface area contributed by atoms with E-state index in [1.165, 1.54) is 0 Å². The Hall–Kier alpha value is -1.06. The van der Waals surface area contributed by atoms with Crippen molar-refractivity contribution in [2.75, 3.05) is 0 Å². The van der Waals surface area contributed by atoms with Gasteiger partial charge in [0.2, 0.25) is 5.91 Å². The molecule has 2 radical (unpaired) electrons. The fourth-order valence-corrected chi connectivity index (χ4v) is 1.69. The van der Waals surface area contributed by atoms with Crippen molar-refractivity contribution >= 4 is 11.9 Å². The standard InChI is InChI=1S/C9H13NO3/c1-6(11)10-8-4-2-7(3-5-8)9(12)13/h1,7-8H,2-5H2,(H,10,11)(H,12,13). The van der Waals surface area contributed by atoms with E-state index >= 15 is 0 Å². The number of carbonyl (C=O) groups excluding carboxylic acids is 1. The van der Waals surface area contributed by atoms with E-state index < -0.39 is 11.9 Å². The Morgan fingerprint density at radius 1 is 1.23 bits per heavy atom. The van der Waals surface area contributed by atoms with Crippen molar-refractivity contribution < 1.29 is 14.7 Å². The number of carboxylic acids is 1. The minimum Gasteiger partial charge on any atom is -0.481 e. The molecule has 1 aliphatic rings. The molecule has 0 heterocycles. The summed E-state index contributed by atoms with van der Waals surface area (Å²) in [7, 11) is 0. The third-order valence-corrected chi connectivity index (χ3v) is 2.42. The first-order chi connectivity index (χ1) is 6.09. The predicted octanol–water partition coefficient (Wildman–Crippen LogP) is 0.457. The quantitative estimate of drug-likeness (QED) is 0.653. The van der Waals surface area contributed by atoms with Crippen LogP contribution in [0.15, 0.2) is 0 Å². The molecule has 4 heteroatoms. The van der Waals surface area contributed by atoms with Gasteiger partial charge in [-0.1, -0.05) is 0 Å². The molecular weight excluding hydrogens is 170 g/mol. The summed E-state index contributed by atoms with van der Waals surface area (Å²) in [4.78, 5) is 21.0. The zero-order valence-electron chi connectivity index (χ0n) is 7.32. The summed E-state index contributed by atoms with van der Waals surface area (Å²) in [6.45, 7) is 4.95. The van der Waals surface area contributed by atoms with Crippen molar-refractivity contribution in [3.63, 3.8) is 0 Å². The van der Waals surface area contributed by atoms with Gasteiger partial charge in [0.15, 0.2) is 0 Å². The van der Waals surface area contributed by atoms with E-state index in [0.29, 0.717) is 25.7 Å². The third kappa shape index (κ3) is 3.05. The Bertz CT molecular complexity index is 207. The van der Waals surface area contributed by atoms with Crippen LogP contribution in [0.4, 0.5) is 0 Å². The smallest absolute Gasteiger partial charge is 0.306 e. The number of aliphatic carboxylic acids is 1. The lowest BCUT2D eigenvalue weighted by atomic mass is 9.86. The van der Waals surface area contributed by atoms with Crippen LogP contribution in [0, 0.1) is 12.8 Å². The summed E-state index contributed by atoms with van der Waals surface area (Å²) in [6, 6.07) is 0.0631. The highest BCUT2D eigenvalue weighted by molar-refractivity contribution is 5.80. The highest BCUT2D eigenvalue weighted by Crippen LogP contribution is 2.24. The first kappa shape index (κ1) is 10.0. The molecule has 0 saturated heterocycles. The lowest BCUT2D eigenvalue weighted by molar-refractivity contribution is -0.142. The largest absolute Gasteiger partial charge is 0.481 e. The summed E-state index contributed by atoms with van der Waals surface area (Å²) in [5, 5.41) is 11.3. The van der Waals surface area contributed by atoms with Crippen molar-refractivity contribution in [1.82, 2.24) is 5.32 Å². The molecule has 0 aromatic heterocycles. The molecule has 1 amide bonds.